The Morgan fingerprint density at radius 1 is 1.43 bits per heavy atom. The van der Waals surface area contributed by atoms with Crippen LogP contribution in [0.4, 0.5) is 0 Å². The summed E-state index contributed by atoms with van der Waals surface area (Å²) < 4.78 is 3.03. The Labute approximate surface area is 90.3 Å². The molecule has 2 nitrogen and oxygen atoms in total. The average molecular weight is 210 g/mol. The molecule has 0 amide bonds. The fourth-order valence-corrected chi connectivity index (χ4v) is 2.64. The second-order valence-corrected chi connectivity index (χ2v) is 4.91. The minimum atomic E-state index is 0.442. The Balaban J connectivity index is 2.27. The Bertz CT molecular complexity index is 356. The minimum Gasteiger partial charge on any atom is -0.301 e. The number of rotatable bonds is 2. The predicted octanol–water partition coefficient (Wildman–Crippen LogP) is 3.78. The van der Waals surface area contributed by atoms with E-state index in [9.17, 15) is 0 Å². The van der Waals surface area contributed by atoms with Crippen LogP contribution in [0.5, 0.6) is 0 Å². The van der Waals surface area contributed by atoms with Gasteiger partial charge in [0.25, 0.3) is 0 Å². The SMILES string of the molecule is CC(C)n1[nH]c(C2CCCC2)cc1=S. The third-order valence-electron chi connectivity index (χ3n) is 3.08. The Morgan fingerprint density at radius 2 is 2.07 bits per heavy atom. The topological polar surface area (TPSA) is 20.7 Å². The molecule has 14 heavy (non-hydrogen) atoms. The summed E-state index contributed by atoms with van der Waals surface area (Å²) in [5.41, 5.74) is 1.35. The molecule has 2 rings (SSSR count). The van der Waals surface area contributed by atoms with Gasteiger partial charge < -0.3 is 5.10 Å². The highest BCUT2D eigenvalue weighted by atomic mass is 32.1. The van der Waals surface area contributed by atoms with Gasteiger partial charge in [-0.05, 0) is 32.8 Å². The van der Waals surface area contributed by atoms with Crippen molar-refractivity contribution in [1.29, 1.82) is 0 Å². The number of nitrogens with one attached hydrogen (secondary N) is 1. The van der Waals surface area contributed by atoms with Gasteiger partial charge in [0.05, 0.1) is 0 Å². The van der Waals surface area contributed by atoms with Crippen LogP contribution in [0.15, 0.2) is 6.07 Å². The standard InChI is InChI=1S/C11H18N2S/c1-8(2)13-11(14)7-10(12-13)9-5-3-4-6-9/h7-9,12H,3-6H2,1-2H3. The maximum atomic E-state index is 5.32. The summed E-state index contributed by atoms with van der Waals surface area (Å²) in [7, 11) is 0. The summed E-state index contributed by atoms with van der Waals surface area (Å²) in [4.78, 5) is 0. The van der Waals surface area contributed by atoms with E-state index in [1.54, 1.807) is 0 Å². The van der Waals surface area contributed by atoms with Crippen LogP contribution in [0.3, 0.4) is 0 Å². The Morgan fingerprint density at radius 3 is 2.57 bits per heavy atom. The van der Waals surface area contributed by atoms with Gasteiger partial charge in [0.15, 0.2) is 0 Å². The lowest BCUT2D eigenvalue weighted by atomic mass is 10.1. The summed E-state index contributed by atoms with van der Waals surface area (Å²) in [5.74, 6) is 0.733. The quantitative estimate of drug-likeness (QED) is 0.737. The summed E-state index contributed by atoms with van der Waals surface area (Å²) >= 11 is 5.32. The van der Waals surface area contributed by atoms with Crippen LogP contribution >= 0.6 is 12.2 Å². The zero-order chi connectivity index (χ0) is 10.1. The van der Waals surface area contributed by atoms with E-state index in [4.69, 9.17) is 12.2 Å². The molecule has 1 N–H and O–H groups in total. The smallest absolute Gasteiger partial charge is 0.122 e. The fourth-order valence-electron chi connectivity index (χ4n) is 2.26. The second kappa shape index (κ2) is 3.89. The lowest BCUT2D eigenvalue weighted by Crippen LogP contribution is -2.04. The lowest BCUT2D eigenvalue weighted by molar-refractivity contribution is 0.513. The van der Waals surface area contributed by atoms with E-state index in [0.29, 0.717) is 6.04 Å². The molecule has 0 aromatic carbocycles. The molecule has 0 spiro atoms. The van der Waals surface area contributed by atoms with E-state index in [1.807, 2.05) is 0 Å². The molecular formula is C11H18N2S. The summed E-state index contributed by atoms with van der Waals surface area (Å²) in [6.45, 7) is 4.31. The van der Waals surface area contributed by atoms with Crippen molar-refractivity contribution < 1.29 is 0 Å². The number of aromatic nitrogens is 2. The monoisotopic (exact) mass is 210 g/mol. The summed E-state index contributed by atoms with van der Waals surface area (Å²) in [6.07, 6.45) is 5.40. The van der Waals surface area contributed by atoms with Crippen LogP contribution in [-0.2, 0) is 0 Å². The molecule has 0 unspecified atom stereocenters. The van der Waals surface area contributed by atoms with E-state index >= 15 is 0 Å². The van der Waals surface area contributed by atoms with Gasteiger partial charge in [0, 0.05) is 17.7 Å². The zero-order valence-electron chi connectivity index (χ0n) is 8.92. The first-order valence-electron chi connectivity index (χ1n) is 5.50. The van der Waals surface area contributed by atoms with Crippen molar-refractivity contribution in [3.8, 4) is 0 Å². The summed E-state index contributed by atoms with van der Waals surface area (Å²) in [6, 6.07) is 2.59. The molecule has 0 aliphatic heterocycles. The maximum absolute atomic E-state index is 5.32. The molecule has 1 fully saturated rings. The summed E-state index contributed by atoms with van der Waals surface area (Å²) in [5, 5.41) is 3.44. The van der Waals surface area contributed by atoms with Crippen molar-refractivity contribution in [2.75, 3.05) is 0 Å². The molecule has 1 aromatic heterocycles. The van der Waals surface area contributed by atoms with Crippen molar-refractivity contribution in [3.05, 3.63) is 16.4 Å². The number of hydrogen-bond acceptors (Lipinski definition) is 1. The first-order chi connectivity index (χ1) is 6.68. The molecule has 1 heterocycles. The van der Waals surface area contributed by atoms with Crippen LogP contribution in [0, 0.1) is 4.64 Å². The maximum Gasteiger partial charge on any atom is 0.122 e. The van der Waals surface area contributed by atoms with Crippen molar-refractivity contribution >= 4 is 12.2 Å². The van der Waals surface area contributed by atoms with Crippen LogP contribution in [0.25, 0.3) is 0 Å². The molecule has 1 aliphatic rings. The van der Waals surface area contributed by atoms with E-state index in [-0.39, 0.29) is 0 Å². The molecule has 0 bridgehead atoms. The van der Waals surface area contributed by atoms with Crippen molar-refractivity contribution in [3.63, 3.8) is 0 Å². The molecule has 3 heteroatoms. The Kier molecular flexibility index (Phi) is 2.77. The third-order valence-corrected chi connectivity index (χ3v) is 3.39. The normalized spacial score (nSPS) is 18.2. The highest BCUT2D eigenvalue weighted by Crippen LogP contribution is 2.33. The molecule has 1 saturated carbocycles. The number of H-pyrrole nitrogens is 1. The fraction of sp³-hybridized carbons (Fsp3) is 0.727. The molecule has 0 saturated heterocycles. The second-order valence-electron chi connectivity index (χ2n) is 4.49. The van der Waals surface area contributed by atoms with Crippen LogP contribution in [0.2, 0.25) is 0 Å². The highest BCUT2D eigenvalue weighted by molar-refractivity contribution is 7.71. The van der Waals surface area contributed by atoms with Gasteiger partial charge in [-0.25, -0.2) is 0 Å². The van der Waals surface area contributed by atoms with E-state index < -0.39 is 0 Å². The van der Waals surface area contributed by atoms with Gasteiger partial charge in [-0.15, -0.1) is 0 Å². The molecule has 78 valence electrons. The molecule has 1 aromatic rings. The first kappa shape index (κ1) is 9.97. The number of aromatic amines is 1. The van der Waals surface area contributed by atoms with Gasteiger partial charge >= 0.3 is 0 Å². The zero-order valence-corrected chi connectivity index (χ0v) is 9.73. The van der Waals surface area contributed by atoms with Crippen LogP contribution in [-0.4, -0.2) is 9.78 Å². The average Bonchev–Trinajstić information content (AvgIpc) is 2.70. The van der Waals surface area contributed by atoms with Gasteiger partial charge in [0.1, 0.15) is 4.64 Å². The van der Waals surface area contributed by atoms with E-state index in [2.05, 4.69) is 29.7 Å². The van der Waals surface area contributed by atoms with Crippen molar-refractivity contribution in [2.24, 2.45) is 0 Å². The van der Waals surface area contributed by atoms with E-state index in [0.717, 1.165) is 10.6 Å². The molecule has 1 aliphatic carbocycles. The predicted molar refractivity (Wildman–Crippen MR) is 61.2 cm³/mol. The Hall–Kier alpha value is -0.570. The van der Waals surface area contributed by atoms with Crippen molar-refractivity contribution in [1.82, 2.24) is 9.78 Å². The first-order valence-corrected chi connectivity index (χ1v) is 5.91. The van der Waals surface area contributed by atoms with Crippen LogP contribution < -0.4 is 0 Å². The lowest BCUT2D eigenvalue weighted by Gasteiger charge is -2.09. The van der Waals surface area contributed by atoms with Gasteiger partial charge in [-0.1, -0.05) is 25.1 Å². The third kappa shape index (κ3) is 1.78. The number of nitrogens with zero attached hydrogens (tertiary/aromatic N) is 1. The molecular weight excluding hydrogens is 192 g/mol. The molecule has 0 radical (unpaired) electrons. The molecule has 0 atom stereocenters. The van der Waals surface area contributed by atoms with Gasteiger partial charge in [-0.2, -0.15) is 0 Å². The minimum absolute atomic E-state index is 0.442. The van der Waals surface area contributed by atoms with Crippen molar-refractivity contribution in [2.45, 2.75) is 51.5 Å². The van der Waals surface area contributed by atoms with Crippen LogP contribution in [0.1, 0.15) is 57.2 Å². The van der Waals surface area contributed by atoms with E-state index in [1.165, 1.54) is 31.4 Å². The number of hydrogen-bond donors (Lipinski definition) is 1. The highest BCUT2D eigenvalue weighted by Gasteiger charge is 2.19. The largest absolute Gasteiger partial charge is 0.301 e. The van der Waals surface area contributed by atoms with Gasteiger partial charge in [-0.3, -0.25) is 4.68 Å². The van der Waals surface area contributed by atoms with Gasteiger partial charge in [0.2, 0.25) is 0 Å².